The normalized spacial score (nSPS) is 15.2. The molecule has 0 atom stereocenters. The number of hydrogen-bond acceptors (Lipinski definition) is 6. The second-order valence-electron chi connectivity index (χ2n) is 10.4. The van der Waals surface area contributed by atoms with Crippen molar-refractivity contribution in [1.82, 2.24) is 35.0 Å². The van der Waals surface area contributed by atoms with Gasteiger partial charge in [0.1, 0.15) is 11.4 Å². The summed E-state index contributed by atoms with van der Waals surface area (Å²) >= 11 is 1.66. The lowest BCUT2D eigenvalue weighted by atomic mass is 10.0. The van der Waals surface area contributed by atoms with E-state index in [2.05, 4.69) is 55.3 Å². The van der Waals surface area contributed by atoms with Gasteiger partial charge in [-0.2, -0.15) is 5.10 Å². The van der Waals surface area contributed by atoms with Crippen molar-refractivity contribution in [3.63, 3.8) is 0 Å². The van der Waals surface area contributed by atoms with Crippen molar-refractivity contribution in [3.05, 3.63) is 83.9 Å². The Morgan fingerprint density at radius 3 is 2.73 bits per heavy atom. The first-order chi connectivity index (χ1) is 20.0. The minimum absolute atomic E-state index is 0.265. The number of aromatic amines is 2. The Bertz CT molecular complexity index is 1830. The molecule has 1 aliphatic rings. The summed E-state index contributed by atoms with van der Waals surface area (Å²) in [7, 11) is 0. The Morgan fingerprint density at radius 2 is 2.00 bits per heavy atom. The number of fused-ring (bicyclic) bond motifs is 2. The number of nitrogens with zero attached hydrogens (tertiary/aromatic N) is 5. The number of imidazole rings is 1. The number of H-pyrrole nitrogens is 2. The van der Waals surface area contributed by atoms with Crippen LogP contribution in [0.15, 0.2) is 67.6 Å². The maximum absolute atomic E-state index is 16.3. The van der Waals surface area contributed by atoms with Crippen molar-refractivity contribution >= 4 is 44.5 Å². The minimum Gasteiger partial charge on any atom is -0.335 e. The van der Waals surface area contributed by atoms with Crippen LogP contribution in [0.4, 0.5) is 4.39 Å². The fourth-order valence-corrected chi connectivity index (χ4v) is 6.28. The predicted molar refractivity (Wildman–Crippen MR) is 167 cm³/mol. The molecular formula is C32H32FN7S. The van der Waals surface area contributed by atoms with Crippen LogP contribution in [0.2, 0.25) is 0 Å². The SMILES string of the molecule is C=C/C(=C\C(=C/C)c1ncc2[nH]nc(-c3nc4nccc(-c5ccc(C(=C)C)s5)c4[nH]3)c2c1F)CN1CCCCC1. The van der Waals surface area contributed by atoms with Gasteiger partial charge in [0.2, 0.25) is 0 Å². The van der Waals surface area contributed by atoms with Crippen LogP contribution in [0.1, 0.15) is 43.7 Å². The van der Waals surface area contributed by atoms with Crippen molar-refractivity contribution in [2.24, 2.45) is 0 Å². The molecule has 1 aliphatic heterocycles. The molecule has 0 aliphatic carbocycles. The van der Waals surface area contributed by atoms with Gasteiger partial charge in [-0.05, 0) is 80.8 Å². The first-order valence-electron chi connectivity index (χ1n) is 13.8. The van der Waals surface area contributed by atoms with E-state index in [0.717, 1.165) is 51.6 Å². The quantitative estimate of drug-likeness (QED) is 0.188. The summed E-state index contributed by atoms with van der Waals surface area (Å²) in [6, 6.07) is 6.09. The lowest BCUT2D eigenvalue weighted by molar-refractivity contribution is 0.248. The average molecular weight is 566 g/mol. The zero-order valence-electron chi connectivity index (χ0n) is 23.3. The molecule has 208 valence electrons. The molecule has 0 unspecified atom stereocenters. The molecule has 5 aromatic heterocycles. The average Bonchev–Trinajstić information content (AvgIpc) is 3.74. The monoisotopic (exact) mass is 565 g/mol. The van der Waals surface area contributed by atoms with Crippen LogP contribution in [0, 0.1) is 5.82 Å². The first-order valence-corrected chi connectivity index (χ1v) is 14.6. The van der Waals surface area contributed by atoms with E-state index in [1.807, 2.05) is 38.1 Å². The molecule has 6 heterocycles. The molecule has 2 N–H and O–H groups in total. The molecular weight excluding hydrogens is 533 g/mol. The predicted octanol–water partition coefficient (Wildman–Crippen LogP) is 7.80. The molecule has 0 amide bonds. The van der Waals surface area contributed by atoms with Crippen LogP contribution in [-0.2, 0) is 0 Å². The lowest BCUT2D eigenvalue weighted by Crippen LogP contribution is -2.31. The van der Waals surface area contributed by atoms with Gasteiger partial charge < -0.3 is 4.98 Å². The number of aromatic nitrogens is 6. The van der Waals surface area contributed by atoms with Crippen LogP contribution in [0.5, 0.6) is 0 Å². The summed E-state index contributed by atoms with van der Waals surface area (Å²) in [5.74, 6) is -0.0108. The van der Waals surface area contributed by atoms with Crippen molar-refractivity contribution in [2.75, 3.05) is 19.6 Å². The largest absolute Gasteiger partial charge is 0.335 e. The van der Waals surface area contributed by atoms with Gasteiger partial charge in [0.15, 0.2) is 17.3 Å². The van der Waals surface area contributed by atoms with Crippen LogP contribution < -0.4 is 0 Å². The highest BCUT2D eigenvalue weighted by Gasteiger charge is 2.22. The van der Waals surface area contributed by atoms with E-state index in [4.69, 9.17) is 4.98 Å². The molecule has 5 aromatic rings. The Hall–Kier alpha value is -4.21. The van der Waals surface area contributed by atoms with Crippen LogP contribution >= 0.6 is 11.3 Å². The molecule has 0 saturated carbocycles. The fraction of sp³-hybridized carbons (Fsp3) is 0.250. The third-order valence-electron chi connectivity index (χ3n) is 7.50. The van der Waals surface area contributed by atoms with Crippen molar-refractivity contribution in [1.29, 1.82) is 0 Å². The highest BCUT2D eigenvalue weighted by Crippen LogP contribution is 2.36. The molecule has 0 aromatic carbocycles. The third-order valence-corrected chi connectivity index (χ3v) is 8.78. The van der Waals surface area contributed by atoms with E-state index < -0.39 is 5.82 Å². The van der Waals surface area contributed by atoms with E-state index in [0.29, 0.717) is 33.6 Å². The first kappa shape index (κ1) is 27.0. The van der Waals surface area contributed by atoms with Crippen LogP contribution in [0.3, 0.4) is 0 Å². The molecule has 0 spiro atoms. The molecule has 0 radical (unpaired) electrons. The van der Waals surface area contributed by atoms with Gasteiger partial charge in [-0.3, -0.25) is 15.0 Å². The fourth-order valence-electron chi connectivity index (χ4n) is 5.32. The molecule has 41 heavy (non-hydrogen) atoms. The zero-order chi connectivity index (χ0) is 28.5. The van der Waals surface area contributed by atoms with Crippen molar-refractivity contribution in [3.8, 4) is 22.0 Å². The Labute approximate surface area is 242 Å². The second kappa shape index (κ2) is 11.3. The highest BCUT2D eigenvalue weighted by molar-refractivity contribution is 7.16. The topological polar surface area (TPSA) is 86.4 Å². The van der Waals surface area contributed by atoms with Gasteiger partial charge in [-0.15, -0.1) is 11.3 Å². The number of halogens is 1. The Kier molecular flexibility index (Phi) is 7.47. The second-order valence-corrected chi connectivity index (χ2v) is 11.5. The highest BCUT2D eigenvalue weighted by atomic mass is 32.1. The van der Waals surface area contributed by atoms with E-state index in [1.165, 1.54) is 19.3 Å². The molecule has 7 nitrogen and oxygen atoms in total. The van der Waals surface area contributed by atoms with E-state index in [1.54, 1.807) is 23.7 Å². The number of allylic oxidation sites excluding steroid dienone is 4. The molecule has 6 rings (SSSR count). The summed E-state index contributed by atoms with van der Waals surface area (Å²) < 4.78 is 16.3. The standard InChI is InChI=1S/C32H32FN7S/c1-5-20(18-40-14-8-7-9-15-40)16-21(6-2)28-27(33)26-23(17-35-28)38-39-30(26)32-36-29-22(12-13-34-31(29)37-32)25-11-10-24(41-25)19(3)4/h5-6,10-13,16-17H,1,3,7-9,14-15,18H2,2,4H3,(H,38,39)(H,34,36,37)/b20-16+,21-6+. The van der Waals surface area contributed by atoms with Crippen molar-refractivity contribution in [2.45, 2.75) is 33.1 Å². The van der Waals surface area contributed by atoms with Gasteiger partial charge >= 0.3 is 0 Å². The van der Waals surface area contributed by atoms with Crippen LogP contribution in [0.25, 0.3) is 55.2 Å². The summed E-state index contributed by atoms with van der Waals surface area (Å²) in [5, 5.41) is 7.70. The summed E-state index contributed by atoms with van der Waals surface area (Å²) in [6.45, 7) is 14.9. The van der Waals surface area contributed by atoms with Gasteiger partial charge in [-0.25, -0.2) is 14.4 Å². The third kappa shape index (κ3) is 5.18. The maximum Gasteiger partial charge on any atom is 0.178 e. The number of thiophene rings is 1. The number of likely N-dealkylation sites (tertiary alicyclic amines) is 1. The van der Waals surface area contributed by atoms with Gasteiger partial charge in [0, 0.05) is 28.1 Å². The minimum atomic E-state index is -0.449. The van der Waals surface area contributed by atoms with Gasteiger partial charge in [0.25, 0.3) is 0 Å². The van der Waals surface area contributed by atoms with Gasteiger partial charge in [-0.1, -0.05) is 31.7 Å². The summed E-state index contributed by atoms with van der Waals surface area (Å²) in [6.07, 6.45) is 12.8. The maximum atomic E-state index is 16.3. The molecule has 1 fully saturated rings. The van der Waals surface area contributed by atoms with Crippen molar-refractivity contribution < 1.29 is 4.39 Å². The zero-order valence-corrected chi connectivity index (χ0v) is 24.1. The van der Waals surface area contributed by atoms with E-state index in [9.17, 15) is 0 Å². The molecule has 1 saturated heterocycles. The molecule has 9 heteroatoms. The Morgan fingerprint density at radius 1 is 1.17 bits per heavy atom. The smallest absolute Gasteiger partial charge is 0.178 e. The van der Waals surface area contributed by atoms with E-state index in [-0.39, 0.29) is 5.69 Å². The number of piperidine rings is 1. The number of hydrogen-bond donors (Lipinski definition) is 2. The van der Waals surface area contributed by atoms with Crippen LogP contribution in [-0.4, -0.2) is 54.7 Å². The number of rotatable bonds is 8. The van der Waals surface area contributed by atoms with E-state index >= 15 is 4.39 Å². The summed E-state index contributed by atoms with van der Waals surface area (Å²) in [5.41, 5.74) is 6.18. The number of nitrogens with one attached hydrogen (secondary N) is 2. The number of pyridine rings is 2. The lowest BCUT2D eigenvalue weighted by Gasteiger charge is -2.26. The van der Waals surface area contributed by atoms with Gasteiger partial charge in [0.05, 0.1) is 22.6 Å². The summed E-state index contributed by atoms with van der Waals surface area (Å²) in [4.78, 5) is 21.6. The Balaban J connectivity index is 1.39. The molecule has 0 bridgehead atoms.